The molecule has 2 N–H and O–H groups in total. The quantitative estimate of drug-likeness (QED) is 0.687. The van der Waals surface area contributed by atoms with Crippen LogP contribution in [0.25, 0.3) is 11.5 Å². The summed E-state index contributed by atoms with van der Waals surface area (Å²) in [7, 11) is 0. The molecule has 1 aromatic carbocycles. The Hall–Kier alpha value is -3.07. The number of aryl methyl sites for hydroxylation is 1. The molecule has 0 fully saturated rings. The van der Waals surface area contributed by atoms with E-state index in [4.69, 9.17) is 17.0 Å². The number of hydrogen-bond donors (Lipinski definition) is 2. The summed E-state index contributed by atoms with van der Waals surface area (Å²) in [5.74, 6) is 0.603. The van der Waals surface area contributed by atoms with Crippen molar-refractivity contribution in [3.8, 4) is 17.3 Å². The summed E-state index contributed by atoms with van der Waals surface area (Å²) >= 11 is 5.13. The van der Waals surface area contributed by atoms with Crippen LogP contribution in [0.15, 0.2) is 42.9 Å². The molecule has 0 saturated heterocycles. The molecule has 9 heteroatoms. The van der Waals surface area contributed by atoms with Crippen molar-refractivity contribution < 1.29 is 9.53 Å². The number of benzene rings is 1. The fourth-order valence-corrected chi connectivity index (χ4v) is 2.18. The highest BCUT2D eigenvalue weighted by atomic mass is 32.1. The molecule has 0 aliphatic rings. The smallest absolute Gasteiger partial charge is 0.276 e. The highest BCUT2D eigenvalue weighted by Crippen LogP contribution is 2.13. The third-order valence-electron chi connectivity index (χ3n) is 3.06. The Balaban J connectivity index is 1.71. The zero-order valence-corrected chi connectivity index (χ0v) is 13.6. The number of nitrogens with one attached hydrogen (secondary N) is 2. The molecule has 0 atom stereocenters. The molecule has 3 rings (SSSR count). The van der Waals surface area contributed by atoms with Gasteiger partial charge in [0.25, 0.3) is 5.91 Å². The highest BCUT2D eigenvalue weighted by molar-refractivity contribution is 7.71. The molecule has 0 unspecified atom stereocenters. The van der Waals surface area contributed by atoms with E-state index in [1.807, 2.05) is 25.1 Å². The predicted molar refractivity (Wildman–Crippen MR) is 89.5 cm³/mol. The van der Waals surface area contributed by atoms with E-state index in [0.717, 1.165) is 5.56 Å². The van der Waals surface area contributed by atoms with Crippen molar-refractivity contribution in [3.63, 3.8) is 0 Å². The summed E-state index contributed by atoms with van der Waals surface area (Å²) in [6, 6.07) is 7.45. The van der Waals surface area contributed by atoms with Gasteiger partial charge in [0.2, 0.25) is 10.6 Å². The molecule has 1 amide bonds. The Kier molecular flexibility index (Phi) is 4.62. The largest absolute Gasteiger partial charge is 0.484 e. The zero-order chi connectivity index (χ0) is 16.9. The van der Waals surface area contributed by atoms with E-state index in [1.165, 1.54) is 17.1 Å². The second kappa shape index (κ2) is 7.01. The minimum Gasteiger partial charge on any atom is -0.484 e. The van der Waals surface area contributed by atoms with Gasteiger partial charge >= 0.3 is 0 Å². The maximum absolute atomic E-state index is 12.1. The lowest BCUT2D eigenvalue weighted by Gasteiger charge is -2.09. The molecule has 0 bridgehead atoms. The van der Waals surface area contributed by atoms with Crippen LogP contribution in [0.2, 0.25) is 0 Å². The van der Waals surface area contributed by atoms with Gasteiger partial charge in [-0.3, -0.25) is 15.2 Å². The monoisotopic (exact) mass is 342 g/mol. The van der Waals surface area contributed by atoms with Gasteiger partial charge in [0, 0.05) is 12.4 Å². The molecule has 0 aliphatic carbocycles. The van der Waals surface area contributed by atoms with E-state index in [2.05, 4.69) is 25.6 Å². The van der Waals surface area contributed by atoms with Gasteiger partial charge in [0.05, 0.1) is 6.20 Å². The van der Waals surface area contributed by atoms with E-state index in [-0.39, 0.29) is 17.3 Å². The van der Waals surface area contributed by atoms with E-state index in [0.29, 0.717) is 17.3 Å². The summed E-state index contributed by atoms with van der Waals surface area (Å²) in [4.78, 5) is 20.2. The number of aromatic nitrogens is 5. The highest BCUT2D eigenvalue weighted by Gasteiger charge is 2.13. The lowest BCUT2D eigenvalue weighted by molar-refractivity contribution is -0.119. The maximum atomic E-state index is 12.1. The molecule has 122 valence electrons. The van der Waals surface area contributed by atoms with Crippen molar-refractivity contribution in [2.45, 2.75) is 6.92 Å². The normalized spacial score (nSPS) is 10.4. The molecular weight excluding hydrogens is 328 g/mol. The fraction of sp³-hybridized carbons (Fsp3) is 0.133. The van der Waals surface area contributed by atoms with Gasteiger partial charge in [-0.15, -0.1) is 0 Å². The standard InChI is InChI=1S/C15H14N6O2S/c1-10-3-2-4-11(7-10)23-9-13(22)20-21-14(18-19-15(21)24)12-8-16-5-6-17-12/h2-8H,9H2,1H3,(H,19,24)(H,20,22). The summed E-state index contributed by atoms with van der Waals surface area (Å²) in [5, 5.41) is 6.67. The van der Waals surface area contributed by atoms with Crippen LogP contribution in [-0.2, 0) is 4.79 Å². The number of hydrogen-bond acceptors (Lipinski definition) is 6. The summed E-state index contributed by atoms with van der Waals surface area (Å²) < 4.78 is 7.04. The topological polar surface area (TPSA) is 97.7 Å². The van der Waals surface area contributed by atoms with Gasteiger partial charge < -0.3 is 4.74 Å². The van der Waals surface area contributed by atoms with Gasteiger partial charge in [-0.1, -0.05) is 12.1 Å². The van der Waals surface area contributed by atoms with Gasteiger partial charge in [-0.25, -0.2) is 14.8 Å². The molecule has 8 nitrogen and oxygen atoms in total. The first-order valence-corrected chi connectivity index (χ1v) is 7.47. The van der Waals surface area contributed by atoms with Crippen molar-refractivity contribution in [1.82, 2.24) is 24.8 Å². The zero-order valence-electron chi connectivity index (χ0n) is 12.8. The van der Waals surface area contributed by atoms with Crippen molar-refractivity contribution in [1.29, 1.82) is 0 Å². The Labute approximate surface area is 142 Å². The molecular formula is C15H14N6O2S. The molecule has 0 radical (unpaired) electrons. The molecule has 24 heavy (non-hydrogen) atoms. The van der Waals surface area contributed by atoms with Crippen molar-refractivity contribution in [2.75, 3.05) is 12.0 Å². The van der Waals surface area contributed by atoms with Gasteiger partial charge in [0.1, 0.15) is 11.4 Å². The number of aromatic amines is 1. The van der Waals surface area contributed by atoms with E-state index >= 15 is 0 Å². The van der Waals surface area contributed by atoms with Crippen LogP contribution in [-0.4, -0.2) is 37.4 Å². The Morgan fingerprint density at radius 2 is 2.29 bits per heavy atom. The van der Waals surface area contributed by atoms with Crippen molar-refractivity contribution in [3.05, 3.63) is 53.2 Å². The minimum absolute atomic E-state index is 0.156. The van der Waals surface area contributed by atoms with E-state index in [9.17, 15) is 4.79 Å². The van der Waals surface area contributed by atoms with Gasteiger partial charge in [-0.2, -0.15) is 5.10 Å². The number of amides is 1. The molecule has 0 spiro atoms. The average Bonchev–Trinajstić information content (AvgIpc) is 2.95. The molecule has 2 aromatic heterocycles. The molecule has 2 heterocycles. The maximum Gasteiger partial charge on any atom is 0.276 e. The summed E-state index contributed by atoms with van der Waals surface area (Å²) in [5.41, 5.74) is 4.16. The number of carbonyl (C=O) groups is 1. The van der Waals surface area contributed by atoms with Crippen LogP contribution in [0.4, 0.5) is 0 Å². The summed E-state index contributed by atoms with van der Waals surface area (Å²) in [6.45, 7) is 1.79. The van der Waals surface area contributed by atoms with Crippen LogP contribution < -0.4 is 10.2 Å². The fourth-order valence-electron chi connectivity index (χ4n) is 2.00. The van der Waals surface area contributed by atoms with Crippen molar-refractivity contribution >= 4 is 18.1 Å². The van der Waals surface area contributed by atoms with Crippen LogP contribution in [0.1, 0.15) is 5.56 Å². The SMILES string of the molecule is Cc1cccc(OCC(=O)Nn2c(-c3cnccn3)n[nH]c2=S)c1. The van der Waals surface area contributed by atoms with Gasteiger partial charge in [-0.05, 0) is 36.8 Å². The van der Waals surface area contributed by atoms with Crippen LogP contribution in [0, 0.1) is 11.7 Å². The Bertz CT molecular complexity index is 906. The van der Waals surface area contributed by atoms with Crippen LogP contribution in [0.3, 0.4) is 0 Å². The lowest BCUT2D eigenvalue weighted by atomic mass is 10.2. The van der Waals surface area contributed by atoms with E-state index < -0.39 is 0 Å². The second-order valence-corrected chi connectivity index (χ2v) is 5.31. The first-order chi connectivity index (χ1) is 11.6. The predicted octanol–water partition coefficient (Wildman–Crippen LogP) is 1.86. The first-order valence-electron chi connectivity index (χ1n) is 7.06. The third-order valence-corrected chi connectivity index (χ3v) is 3.33. The third kappa shape index (κ3) is 3.63. The van der Waals surface area contributed by atoms with Gasteiger partial charge in [0.15, 0.2) is 6.61 Å². The number of H-pyrrole nitrogens is 1. The van der Waals surface area contributed by atoms with Crippen LogP contribution in [0.5, 0.6) is 5.75 Å². The van der Waals surface area contributed by atoms with Crippen molar-refractivity contribution in [2.24, 2.45) is 0 Å². The molecule has 3 aromatic rings. The minimum atomic E-state index is -0.376. The number of rotatable bonds is 5. The number of nitrogens with zero attached hydrogens (tertiary/aromatic N) is 4. The number of carbonyl (C=O) groups excluding carboxylic acids is 1. The second-order valence-electron chi connectivity index (χ2n) is 4.92. The Morgan fingerprint density at radius 1 is 1.42 bits per heavy atom. The molecule has 0 saturated carbocycles. The average molecular weight is 342 g/mol. The van der Waals surface area contributed by atoms with E-state index in [1.54, 1.807) is 12.3 Å². The lowest BCUT2D eigenvalue weighted by Crippen LogP contribution is -2.28. The van der Waals surface area contributed by atoms with Crippen LogP contribution >= 0.6 is 12.2 Å². The molecule has 0 aliphatic heterocycles. The number of ether oxygens (including phenoxy) is 1. The summed E-state index contributed by atoms with van der Waals surface area (Å²) in [6.07, 6.45) is 4.60. The Morgan fingerprint density at radius 3 is 3.04 bits per heavy atom. The first kappa shape index (κ1) is 15.8.